The molecule has 4 rings (SSSR count). The second kappa shape index (κ2) is 15.1. The van der Waals surface area contributed by atoms with E-state index in [0.29, 0.717) is 34.9 Å². The molecule has 3 aromatic carbocycles. The van der Waals surface area contributed by atoms with Gasteiger partial charge in [-0.15, -0.1) is 0 Å². The summed E-state index contributed by atoms with van der Waals surface area (Å²) in [5.74, 6) is -0.722. The van der Waals surface area contributed by atoms with Gasteiger partial charge in [0.25, 0.3) is 5.91 Å². The monoisotopic (exact) mass is 659 g/mol. The molecule has 45 heavy (non-hydrogen) atoms. The van der Waals surface area contributed by atoms with E-state index in [4.69, 9.17) is 47.5 Å². The number of nitrogens with one attached hydrogen (secondary N) is 2. The van der Waals surface area contributed by atoms with Crippen LogP contribution in [0.2, 0.25) is 10.0 Å². The third kappa shape index (κ3) is 9.17. The van der Waals surface area contributed by atoms with Crippen LogP contribution in [0.25, 0.3) is 0 Å². The first-order valence-electron chi connectivity index (χ1n) is 14.5. The van der Waals surface area contributed by atoms with Gasteiger partial charge in [0.1, 0.15) is 17.2 Å². The first-order valence-corrected chi connectivity index (χ1v) is 15.2. The SMILES string of the molecule is CC(C)(C)OC(=O)CC[C@]1(C(=O)NNCc2ccc(F)cc2)N=C(c2ccc(OCCCO)cc2)O[C@H]1c1ccc(Cl)cc1Cl. The number of aliphatic hydroxyl groups excluding tert-OH is 1. The van der Waals surface area contributed by atoms with Gasteiger partial charge in [0, 0.05) is 47.2 Å². The highest BCUT2D eigenvalue weighted by Gasteiger charge is 2.54. The molecular formula is C33H36Cl2FN3O6. The average Bonchev–Trinajstić information content (AvgIpc) is 3.37. The van der Waals surface area contributed by atoms with Crippen LogP contribution in [0, 0.1) is 5.82 Å². The lowest BCUT2D eigenvalue weighted by Crippen LogP contribution is -2.52. The van der Waals surface area contributed by atoms with E-state index in [9.17, 15) is 14.0 Å². The molecule has 1 aliphatic heterocycles. The quantitative estimate of drug-likeness (QED) is 0.115. The Balaban J connectivity index is 1.70. The summed E-state index contributed by atoms with van der Waals surface area (Å²) in [5, 5.41) is 9.67. The van der Waals surface area contributed by atoms with Crippen molar-refractivity contribution in [3.63, 3.8) is 0 Å². The maximum absolute atomic E-state index is 14.2. The van der Waals surface area contributed by atoms with Gasteiger partial charge in [-0.3, -0.25) is 15.0 Å². The van der Waals surface area contributed by atoms with Gasteiger partial charge < -0.3 is 19.3 Å². The Bertz CT molecular complexity index is 1510. The van der Waals surface area contributed by atoms with Crippen molar-refractivity contribution in [2.75, 3.05) is 13.2 Å². The fraction of sp³-hybridized carbons (Fsp3) is 0.364. The summed E-state index contributed by atoms with van der Waals surface area (Å²) in [6.07, 6.45) is -0.789. The molecule has 3 N–H and O–H groups in total. The molecule has 0 aromatic heterocycles. The van der Waals surface area contributed by atoms with Crippen molar-refractivity contribution in [1.29, 1.82) is 0 Å². The summed E-state index contributed by atoms with van der Waals surface area (Å²) in [6, 6.07) is 17.6. The van der Waals surface area contributed by atoms with E-state index in [2.05, 4.69) is 10.9 Å². The number of amides is 1. The predicted octanol–water partition coefficient (Wildman–Crippen LogP) is 6.09. The Labute approximate surface area is 271 Å². The van der Waals surface area contributed by atoms with Crippen LogP contribution in [0.15, 0.2) is 71.7 Å². The van der Waals surface area contributed by atoms with Crippen molar-refractivity contribution in [2.45, 2.75) is 63.8 Å². The molecule has 9 nitrogen and oxygen atoms in total. The number of esters is 1. The van der Waals surface area contributed by atoms with Crippen molar-refractivity contribution in [3.05, 3.63) is 99.3 Å². The second-order valence-electron chi connectivity index (χ2n) is 11.5. The number of hydrogen-bond acceptors (Lipinski definition) is 8. The van der Waals surface area contributed by atoms with Gasteiger partial charge in [-0.05, 0) is 81.3 Å². The Morgan fingerprint density at radius 3 is 2.42 bits per heavy atom. The Morgan fingerprint density at radius 1 is 1.07 bits per heavy atom. The Morgan fingerprint density at radius 2 is 1.78 bits per heavy atom. The number of nitrogens with zero attached hydrogens (tertiary/aromatic N) is 1. The lowest BCUT2D eigenvalue weighted by Gasteiger charge is -2.31. The minimum absolute atomic E-state index is 0.0174. The molecule has 240 valence electrons. The standard InChI is InChI=1S/C33H36Cl2FN3O6/c1-32(2,3)45-28(41)15-16-33(31(42)39-37-20-21-5-10-24(36)11-6-21)29(26-14-9-23(34)19-27(26)35)44-30(38-33)22-7-12-25(13-8-22)43-18-4-17-40/h5-14,19,29,37,40H,4,15-18,20H2,1-3H3,(H,39,42)/t29-,33-/m0/s1. The minimum Gasteiger partial charge on any atom is -0.494 e. The molecule has 3 aromatic rings. The molecule has 1 aliphatic rings. The van der Waals surface area contributed by atoms with E-state index in [-0.39, 0.29) is 42.7 Å². The van der Waals surface area contributed by atoms with Gasteiger partial charge in [-0.2, -0.15) is 0 Å². The topological polar surface area (TPSA) is 118 Å². The molecule has 0 radical (unpaired) electrons. The molecule has 0 unspecified atom stereocenters. The number of hydrazine groups is 1. The molecule has 0 spiro atoms. The Hall–Kier alpha value is -3.70. The van der Waals surface area contributed by atoms with Crippen LogP contribution in [-0.4, -0.2) is 47.2 Å². The number of halogens is 3. The second-order valence-corrected chi connectivity index (χ2v) is 12.3. The van der Waals surface area contributed by atoms with E-state index in [1.54, 1.807) is 75.4 Å². The van der Waals surface area contributed by atoms with Gasteiger partial charge in [0.2, 0.25) is 5.90 Å². The van der Waals surface area contributed by atoms with Crippen molar-refractivity contribution >= 4 is 41.0 Å². The van der Waals surface area contributed by atoms with Gasteiger partial charge >= 0.3 is 5.97 Å². The summed E-state index contributed by atoms with van der Waals surface area (Å²) in [4.78, 5) is 31.9. The number of carbonyl (C=O) groups excluding carboxylic acids is 2. The van der Waals surface area contributed by atoms with Gasteiger partial charge in [-0.25, -0.2) is 14.8 Å². The molecule has 0 fully saturated rings. The third-order valence-electron chi connectivity index (χ3n) is 6.81. The van der Waals surface area contributed by atoms with Crippen LogP contribution in [0.5, 0.6) is 5.75 Å². The first-order chi connectivity index (χ1) is 21.4. The van der Waals surface area contributed by atoms with Crippen LogP contribution < -0.4 is 15.6 Å². The highest BCUT2D eigenvalue weighted by molar-refractivity contribution is 6.35. The normalized spacial score (nSPS) is 17.8. The van der Waals surface area contributed by atoms with Gasteiger partial charge in [-0.1, -0.05) is 41.4 Å². The summed E-state index contributed by atoms with van der Waals surface area (Å²) < 4.78 is 31.0. The van der Waals surface area contributed by atoms with Gasteiger partial charge in [0.15, 0.2) is 11.6 Å². The average molecular weight is 661 g/mol. The number of hydrogen-bond donors (Lipinski definition) is 3. The summed E-state index contributed by atoms with van der Waals surface area (Å²) in [7, 11) is 0. The van der Waals surface area contributed by atoms with Crippen LogP contribution in [-0.2, 0) is 25.6 Å². The maximum Gasteiger partial charge on any atom is 0.306 e. The predicted molar refractivity (Wildman–Crippen MR) is 170 cm³/mol. The number of aliphatic imine (C=N–C) groups is 1. The van der Waals surface area contributed by atoms with E-state index in [0.717, 1.165) is 5.56 Å². The van der Waals surface area contributed by atoms with E-state index in [1.165, 1.54) is 12.1 Å². The fourth-order valence-corrected chi connectivity index (χ4v) is 5.19. The molecule has 2 atom stereocenters. The van der Waals surface area contributed by atoms with Crippen molar-refractivity contribution in [2.24, 2.45) is 4.99 Å². The summed E-state index contributed by atoms with van der Waals surface area (Å²) >= 11 is 12.8. The zero-order valence-corrected chi connectivity index (χ0v) is 26.8. The largest absolute Gasteiger partial charge is 0.494 e. The van der Waals surface area contributed by atoms with E-state index >= 15 is 0 Å². The Kier molecular flexibility index (Phi) is 11.4. The molecule has 1 amide bonds. The zero-order chi connectivity index (χ0) is 32.6. The van der Waals surface area contributed by atoms with Crippen LogP contribution in [0.3, 0.4) is 0 Å². The van der Waals surface area contributed by atoms with E-state index < -0.39 is 29.1 Å². The molecule has 0 bridgehead atoms. The van der Waals surface area contributed by atoms with Gasteiger partial charge in [0.05, 0.1) is 6.61 Å². The van der Waals surface area contributed by atoms with Crippen molar-refractivity contribution in [1.82, 2.24) is 10.9 Å². The highest BCUT2D eigenvalue weighted by atomic mass is 35.5. The number of carbonyl (C=O) groups is 2. The van der Waals surface area contributed by atoms with Crippen LogP contribution in [0.4, 0.5) is 4.39 Å². The van der Waals surface area contributed by atoms with Crippen molar-refractivity contribution < 1.29 is 33.3 Å². The zero-order valence-electron chi connectivity index (χ0n) is 25.2. The number of aliphatic hydroxyl groups is 1. The molecule has 0 aliphatic carbocycles. The lowest BCUT2D eigenvalue weighted by atomic mass is 9.83. The molecule has 0 saturated carbocycles. The lowest BCUT2D eigenvalue weighted by molar-refractivity contribution is -0.155. The van der Waals surface area contributed by atoms with E-state index in [1.807, 2.05) is 0 Å². The van der Waals surface area contributed by atoms with Crippen LogP contribution >= 0.6 is 23.2 Å². The molecule has 12 heteroatoms. The highest BCUT2D eigenvalue weighted by Crippen LogP contribution is 2.45. The third-order valence-corrected chi connectivity index (χ3v) is 7.38. The van der Waals surface area contributed by atoms with Crippen molar-refractivity contribution in [3.8, 4) is 5.75 Å². The summed E-state index contributed by atoms with van der Waals surface area (Å²) in [5.41, 5.74) is 4.92. The van der Waals surface area contributed by atoms with Crippen LogP contribution in [0.1, 0.15) is 62.8 Å². The number of rotatable bonds is 13. The summed E-state index contributed by atoms with van der Waals surface area (Å²) in [6.45, 7) is 5.84. The first kappa shape index (κ1) is 34.2. The molecular weight excluding hydrogens is 624 g/mol. The molecule has 1 heterocycles. The maximum atomic E-state index is 14.2. The smallest absolute Gasteiger partial charge is 0.306 e. The molecule has 0 saturated heterocycles. The number of ether oxygens (including phenoxy) is 3. The number of benzene rings is 3. The minimum atomic E-state index is -1.67. The fourth-order valence-electron chi connectivity index (χ4n) is 4.68.